The highest BCUT2D eigenvalue weighted by Gasteiger charge is 2.12. The second-order valence-corrected chi connectivity index (χ2v) is 8.65. The predicted molar refractivity (Wildman–Crippen MR) is 113 cm³/mol. The fourth-order valence-corrected chi connectivity index (χ4v) is 3.53. The molecule has 0 aliphatic heterocycles. The van der Waals surface area contributed by atoms with Crippen LogP contribution >= 0.6 is 7.82 Å². The Morgan fingerprint density at radius 2 is 1.15 bits per heavy atom. The van der Waals surface area contributed by atoms with Gasteiger partial charge in [-0.25, -0.2) is 0 Å². The van der Waals surface area contributed by atoms with Crippen molar-refractivity contribution in [2.45, 2.75) is 96.8 Å². The van der Waals surface area contributed by atoms with Gasteiger partial charge in [-0.05, 0) is 6.42 Å². The van der Waals surface area contributed by atoms with E-state index in [2.05, 4.69) is 11.4 Å². The molecule has 0 aromatic heterocycles. The molecule has 0 N–H and O–H groups in total. The Kier molecular flexibility index (Phi) is 9.40. The van der Waals surface area contributed by atoms with E-state index >= 15 is 0 Å². The lowest BCUT2D eigenvalue weighted by atomic mass is 10.0. The molecule has 0 rings (SSSR count). The molecule has 0 aliphatic rings. The van der Waals surface area contributed by atoms with Crippen LogP contribution < -0.4 is 4.89 Å². The van der Waals surface area contributed by atoms with Crippen LogP contribution in [0.3, 0.4) is 0 Å². The van der Waals surface area contributed by atoms with Crippen molar-refractivity contribution in [2.24, 2.45) is 0 Å². The molecule has 0 fully saturated rings. The van der Waals surface area contributed by atoms with Crippen molar-refractivity contribution in [3.8, 4) is 0 Å². The number of quaternary nitrogens is 1. The number of unbranched alkanes of at least 4 members (excludes halogenated alkanes) is 13. The van der Waals surface area contributed by atoms with Crippen LogP contribution in [0.5, 0.6) is 0 Å². The molecule has 0 amide bonds. The molecule has 0 radical (unpaired) electrons. The molecule has 27 heavy (non-hydrogen) atoms. The third-order valence-electron chi connectivity index (χ3n) is 4.42. The van der Waals surface area contributed by atoms with E-state index in [1.54, 1.807) is 0 Å². The molecule has 0 aromatic rings. The van der Waals surface area contributed by atoms with Crippen molar-refractivity contribution in [3.05, 3.63) is 0 Å². The first-order chi connectivity index (χ1) is 16.5. The van der Waals surface area contributed by atoms with Gasteiger partial charge in [-0.3, -0.25) is 4.57 Å². The molecule has 0 aliphatic carbocycles. The van der Waals surface area contributed by atoms with Gasteiger partial charge in [-0.1, -0.05) is 90.4 Å². The number of hydrogen-bond acceptors (Lipinski definition) is 4. The highest BCUT2D eigenvalue weighted by Crippen LogP contribution is 2.38. The molecule has 0 saturated heterocycles. The number of rotatable bonds is 20. The van der Waals surface area contributed by atoms with Crippen molar-refractivity contribution in [3.63, 3.8) is 0 Å². The van der Waals surface area contributed by atoms with E-state index in [-0.39, 0.29) is 6.61 Å². The number of nitrogens with zero attached hydrogens (tertiary/aromatic N) is 1. The summed E-state index contributed by atoms with van der Waals surface area (Å²) in [5.74, 6) is 0. The van der Waals surface area contributed by atoms with Crippen molar-refractivity contribution >= 4 is 7.82 Å². The molecule has 0 saturated carbocycles. The Morgan fingerprint density at radius 1 is 0.741 bits per heavy atom. The van der Waals surface area contributed by atoms with E-state index in [0.717, 1.165) is 25.7 Å². The van der Waals surface area contributed by atoms with Gasteiger partial charge in [0.25, 0.3) is 7.82 Å². The van der Waals surface area contributed by atoms with Crippen LogP contribution in [0.25, 0.3) is 0 Å². The maximum Gasteiger partial charge on any atom is 0.268 e. The smallest absolute Gasteiger partial charge is 0.268 e. The van der Waals surface area contributed by atoms with Crippen LogP contribution in [0.2, 0.25) is 0 Å². The van der Waals surface area contributed by atoms with Gasteiger partial charge in [-0.2, -0.15) is 0 Å². The van der Waals surface area contributed by atoms with Gasteiger partial charge in [0.05, 0.1) is 39.9 Å². The molecular formula is C21H46NO4P. The molecule has 164 valence electrons. The maximum atomic E-state index is 12.0. The highest BCUT2D eigenvalue weighted by atomic mass is 31.2. The van der Waals surface area contributed by atoms with Crippen molar-refractivity contribution in [1.82, 2.24) is 0 Å². The number of likely N-dealkylation sites (N-methyl/N-ethyl adjacent to an activating group) is 1. The average Bonchev–Trinajstić information content (AvgIpc) is 2.71. The summed E-state index contributed by atoms with van der Waals surface area (Å²) in [7, 11) is -4.83. The van der Waals surface area contributed by atoms with Gasteiger partial charge >= 0.3 is 0 Å². The summed E-state index contributed by atoms with van der Waals surface area (Å²) in [6, 6.07) is 0. The zero-order valence-electron chi connectivity index (χ0n) is 26.0. The van der Waals surface area contributed by atoms with Crippen molar-refractivity contribution < 1.29 is 35.3 Å². The largest absolute Gasteiger partial charge is 0.756 e. The number of hydrogen-bond donors (Lipinski definition) is 0. The monoisotopic (exact) mass is 416 g/mol. The second-order valence-electron chi connectivity index (χ2n) is 7.24. The third-order valence-corrected chi connectivity index (χ3v) is 5.42. The van der Waals surface area contributed by atoms with Gasteiger partial charge in [-0.15, -0.1) is 0 Å². The van der Waals surface area contributed by atoms with Crippen molar-refractivity contribution in [1.29, 1.82) is 0 Å². The topological polar surface area (TPSA) is 58.6 Å². The van der Waals surface area contributed by atoms with E-state index in [1.165, 1.54) is 57.8 Å². The number of phosphoric ester groups is 1. The van der Waals surface area contributed by atoms with Gasteiger partial charge in [0.15, 0.2) is 0 Å². The SMILES string of the molecule is [2H]C([2H])([2H])[N+](CCOP(=O)([O-])OCCCCCCCCCCCCCCCC)(C([2H])([2H])[2H])C([2H])([2H])[2H]. The van der Waals surface area contributed by atoms with E-state index in [9.17, 15) is 9.46 Å². The molecule has 0 bridgehead atoms. The Bertz CT molecular complexity index is 592. The Morgan fingerprint density at radius 3 is 1.59 bits per heavy atom. The quantitative estimate of drug-likeness (QED) is 0.146. The first kappa shape index (κ1) is 15.0. The minimum Gasteiger partial charge on any atom is -0.756 e. The maximum absolute atomic E-state index is 12.0. The molecule has 1 unspecified atom stereocenters. The standard InChI is InChI=1S/C21H46NO4P/c1-5-6-7-8-9-10-11-12-13-14-15-16-17-18-20-25-27(23,24)26-21-19-22(2,3)4/h5-21H2,1-4H3/i2D3,3D3,4D3. The Hall–Kier alpha value is 0.0700. The fraction of sp³-hybridized carbons (Fsp3) is 1.00. The van der Waals surface area contributed by atoms with E-state index in [1.807, 2.05) is 0 Å². The summed E-state index contributed by atoms with van der Waals surface area (Å²) in [6.45, 7) is -10.3. The van der Waals surface area contributed by atoms with Crippen LogP contribution in [0.4, 0.5) is 0 Å². The molecule has 5 nitrogen and oxygen atoms in total. The predicted octanol–water partition coefficient (Wildman–Crippen LogP) is 5.68. The summed E-state index contributed by atoms with van der Waals surface area (Å²) in [5, 5.41) is 0. The zero-order chi connectivity index (χ0) is 27.9. The minimum atomic E-state index is -4.83. The second kappa shape index (κ2) is 17.0. The normalized spacial score (nSPS) is 20.7. The summed E-state index contributed by atoms with van der Waals surface area (Å²) in [5.41, 5.74) is 0. The van der Waals surface area contributed by atoms with E-state index < -0.39 is 46.4 Å². The van der Waals surface area contributed by atoms with E-state index in [0.29, 0.717) is 6.42 Å². The highest BCUT2D eigenvalue weighted by molar-refractivity contribution is 7.45. The van der Waals surface area contributed by atoms with Gasteiger partial charge in [0.1, 0.15) is 13.2 Å². The Balaban J connectivity index is 4.15. The molecule has 0 heterocycles. The van der Waals surface area contributed by atoms with Crippen molar-refractivity contribution in [2.75, 3.05) is 40.7 Å². The lowest BCUT2D eigenvalue weighted by molar-refractivity contribution is -0.870. The van der Waals surface area contributed by atoms with Crippen LogP contribution in [0, 0.1) is 0 Å². The van der Waals surface area contributed by atoms with Crippen LogP contribution in [0.1, 0.15) is 109 Å². The molecule has 0 spiro atoms. The van der Waals surface area contributed by atoms with E-state index in [4.69, 9.17) is 16.9 Å². The van der Waals surface area contributed by atoms with Gasteiger partial charge in [0, 0.05) is 0 Å². The molecule has 1 atom stereocenters. The third kappa shape index (κ3) is 22.2. The van der Waals surface area contributed by atoms with Gasteiger partial charge in [0.2, 0.25) is 0 Å². The van der Waals surface area contributed by atoms with Crippen LogP contribution in [-0.4, -0.2) is 45.2 Å². The minimum absolute atomic E-state index is 0.114. The molecule has 0 aromatic carbocycles. The summed E-state index contributed by atoms with van der Waals surface area (Å²) in [4.78, 5) is 12.0. The molecular weight excluding hydrogens is 361 g/mol. The van der Waals surface area contributed by atoms with Crippen LogP contribution in [0.15, 0.2) is 0 Å². The first-order valence-electron chi connectivity index (χ1n) is 15.0. The zero-order valence-corrected chi connectivity index (χ0v) is 17.9. The average molecular weight is 417 g/mol. The summed E-state index contributed by atoms with van der Waals surface area (Å²) < 4.78 is 86.6. The Labute approximate surface area is 181 Å². The van der Waals surface area contributed by atoms with Gasteiger partial charge < -0.3 is 18.4 Å². The van der Waals surface area contributed by atoms with Crippen LogP contribution in [-0.2, 0) is 13.6 Å². The number of phosphoric acid groups is 1. The summed E-state index contributed by atoms with van der Waals surface area (Å²) in [6.07, 6.45) is 16.1. The molecule has 6 heteroatoms. The first-order valence-corrected chi connectivity index (χ1v) is 12.0. The lowest BCUT2D eigenvalue weighted by Crippen LogP contribution is -2.37. The summed E-state index contributed by atoms with van der Waals surface area (Å²) >= 11 is 0. The lowest BCUT2D eigenvalue weighted by Gasteiger charge is -2.27. The fourth-order valence-electron chi connectivity index (χ4n) is 2.80.